The Balaban J connectivity index is 2.28. The van der Waals surface area contributed by atoms with Crippen molar-refractivity contribution < 1.29 is 0 Å². The van der Waals surface area contributed by atoms with Crippen molar-refractivity contribution in [3.8, 4) is 11.4 Å². The molecule has 3 aromatic rings. The zero-order valence-electron chi connectivity index (χ0n) is 9.00. The molecule has 0 amide bonds. The zero-order chi connectivity index (χ0) is 11.8. The normalized spacial score (nSPS) is 10.9. The van der Waals surface area contributed by atoms with E-state index in [0.717, 1.165) is 5.56 Å². The molecule has 1 aromatic carbocycles. The maximum absolute atomic E-state index is 6.06. The molecule has 17 heavy (non-hydrogen) atoms. The van der Waals surface area contributed by atoms with Crippen molar-refractivity contribution in [1.82, 2.24) is 25.0 Å². The van der Waals surface area contributed by atoms with E-state index in [-0.39, 0.29) is 0 Å². The molecule has 5 nitrogen and oxygen atoms in total. The van der Waals surface area contributed by atoms with E-state index >= 15 is 0 Å². The van der Waals surface area contributed by atoms with E-state index in [4.69, 9.17) is 11.6 Å². The van der Waals surface area contributed by atoms with Crippen molar-refractivity contribution in [3.63, 3.8) is 0 Å². The Morgan fingerprint density at radius 3 is 2.65 bits per heavy atom. The molecule has 2 aromatic heterocycles. The van der Waals surface area contributed by atoms with Gasteiger partial charge in [0.1, 0.15) is 0 Å². The van der Waals surface area contributed by atoms with Crippen molar-refractivity contribution in [2.45, 2.75) is 0 Å². The van der Waals surface area contributed by atoms with E-state index in [2.05, 4.69) is 20.3 Å². The quantitative estimate of drug-likeness (QED) is 0.616. The molecular weight excluding hydrogens is 238 g/mol. The number of hydrogen-bond acceptors (Lipinski definition) is 4. The standard InChI is InChI=1S/C11H8ClN5/c1-17-11-8(15-16-17)9(12)13-10(14-11)7-5-3-2-4-6-7/h2-6H,1H3. The van der Waals surface area contributed by atoms with E-state index in [1.54, 1.807) is 11.7 Å². The summed E-state index contributed by atoms with van der Waals surface area (Å²) in [6.07, 6.45) is 0. The predicted octanol–water partition coefficient (Wildman–Crippen LogP) is 2.08. The number of rotatable bonds is 1. The Hall–Kier alpha value is -2.01. The first-order valence-corrected chi connectivity index (χ1v) is 5.42. The predicted molar refractivity (Wildman–Crippen MR) is 64.5 cm³/mol. The van der Waals surface area contributed by atoms with E-state index in [1.165, 1.54) is 0 Å². The molecule has 0 N–H and O–H groups in total. The van der Waals surface area contributed by atoms with Crippen LogP contribution in [-0.4, -0.2) is 25.0 Å². The van der Waals surface area contributed by atoms with Gasteiger partial charge in [-0.3, -0.25) is 0 Å². The van der Waals surface area contributed by atoms with Crippen LogP contribution < -0.4 is 0 Å². The number of benzene rings is 1. The number of nitrogens with zero attached hydrogens (tertiary/aromatic N) is 5. The van der Waals surface area contributed by atoms with E-state index in [1.807, 2.05) is 30.3 Å². The third-order valence-corrected chi connectivity index (χ3v) is 2.70. The lowest BCUT2D eigenvalue weighted by Crippen LogP contribution is -1.95. The van der Waals surface area contributed by atoms with Crippen LogP contribution in [0.1, 0.15) is 0 Å². The highest BCUT2D eigenvalue weighted by Crippen LogP contribution is 2.22. The van der Waals surface area contributed by atoms with E-state index < -0.39 is 0 Å². The van der Waals surface area contributed by atoms with Crippen molar-refractivity contribution in [2.24, 2.45) is 7.05 Å². The summed E-state index contributed by atoms with van der Waals surface area (Å²) in [4.78, 5) is 8.63. The molecule has 2 heterocycles. The van der Waals surface area contributed by atoms with Crippen molar-refractivity contribution in [2.75, 3.05) is 0 Å². The first-order valence-electron chi connectivity index (χ1n) is 5.04. The van der Waals surface area contributed by atoms with Crippen molar-refractivity contribution in [3.05, 3.63) is 35.5 Å². The fourth-order valence-electron chi connectivity index (χ4n) is 1.60. The minimum atomic E-state index is 0.321. The van der Waals surface area contributed by atoms with Crippen LogP contribution in [0.3, 0.4) is 0 Å². The summed E-state index contributed by atoms with van der Waals surface area (Å²) in [7, 11) is 1.77. The molecule has 6 heteroatoms. The van der Waals surface area contributed by atoms with Gasteiger partial charge in [-0.25, -0.2) is 14.6 Å². The summed E-state index contributed by atoms with van der Waals surface area (Å²) in [5.41, 5.74) is 2.07. The number of hydrogen-bond donors (Lipinski definition) is 0. The SMILES string of the molecule is Cn1nnc2c(Cl)nc(-c3ccccc3)nc21. The van der Waals surface area contributed by atoms with Crippen LogP contribution in [0.15, 0.2) is 30.3 Å². The van der Waals surface area contributed by atoms with Crippen LogP contribution in [0.25, 0.3) is 22.6 Å². The van der Waals surface area contributed by atoms with Gasteiger partial charge in [0.05, 0.1) is 0 Å². The molecule has 0 unspecified atom stereocenters. The van der Waals surface area contributed by atoms with Crippen molar-refractivity contribution in [1.29, 1.82) is 0 Å². The van der Waals surface area contributed by atoms with Gasteiger partial charge >= 0.3 is 0 Å². The highest BCUT2D eigenvalue weighted by Gasteiger charge is 2.12. The number of aryl methyl sites for hydroxylation is 1. The molecule has 0 aliphatic rings. The summed E-state index contributed by atoms with van der Waals surface area (Å²) < 4.78 is 1.58. The molecule has 0 radical (unpaired) electrons. The third kappa shape index (κ3) is 1.64. The number of halogens is 1. The minimum Gasteiger partial charge on any atom is -0.230 e. The second-order valence-corrected chi connectivity index (χ2v) is 3.95. The molecule has 84 valence electrons. The van der Waals surface area contributed by atoms with Crippen LogP contribution in [-0.2, 0) is 7.05 Å². The number of fused-ring (bicyclic) bond motifs is 1. The van der Waals surface area contributed by atoms with Gasteiger partial charge in [-0.15, -0.1) is 5.10 Å². The average Bonchev–Trinajstić information content (AvgIpc) is 2.73. The summed E-state index contributed by atoms with van der Waals surface area (Å²) in [6, 6.07) is 9.66. The first kappa shape index (κ1) is 10.2. The second kappa shape index (κ2) is 3.78. The summed E-state index contributed by atoms with van der Waals surface area (Å²) >= 11 is 6.06. The molecular formula is C11H8ClN5. The lowest BCUT2D eigenvalue weighted by Gasteiger charge is -2.01. The third-order valence-electron chi connectivity index (χ3n) is 2.44. The topological polar surface area (TPSA) is 56.5 Å². The molecule has 0 fully saturated rings. The number of aromatic nitrogens is 5. The lowest BCUT2D eigenvalue weighted by atomic mass is 10.2. The smallest absolute Gasteiger partial charge is 0.183 e. The van der Waals surface area contributed by atoms with Crippen molar-refractivity contribution >= 4 is 22.8 Å². The van der Waals surface area contributed by atoms with Crippen LogP contribution in [0.5, 0.6) is 0 Å². The fraction of sp³-hybridized carbons (Fsp3) is 0.0909. The fourth-order valence-corrected chi connectivity index (χ4v) is 1.80. The van der Waals surface area contributed by atoms with Gasteiger partial charge in [-0.2, -0.15) is 0 Å². The summed E-state index contributed by atoms with van der Waals surface area (Å²) in [6.45, 7) is 0. The maximum atomic E-state index is 6.06. The molecule has 0 spiro atoms. The van der Waals surface area contributed by atoms with E-state index in [9.17, 15) is 0 Å². The zero-order valence-corrected chi connectivity index (χ0v) is 9.76. The minimum absolute atomic E-state index is 0.321. The highest BCUT2D eigenvalue weighted by atomic mass is 35.5. The van der Waals surface area contributed by atoms with Crippen LogP contribution in [0.2, 0.25) is 5.15 Å². The van der Waals surface area contributed by atoms with Gasteiger partial charge in [0.2, 0.25) is 0 Å². The van der Waals surface area contributed by atoms with Crippen LogP contribution in [0.4, 0.5) is 0 Å². The highest BCUT2D eigenvalue weighted by molar-refractivity contribution is 6.33. The largest absolute Gasteiger partial charge is 0.230 e. The Morgan fingerprint density at radius 2 is 1.88 bits per heavy atom. The molecule has 0 aliphatic carbocycles. The second-order valence-electron chi connectivity index (χ2n) is 3.59. The van der Waals surface area contributed by atoms with Gasteiger partial charge in [0.15, 0.2) is 22.1 Å². The summed E-state index contributed by atoms with van der Waals surface area (Å²) in [5, 5.41) is 8.10. The average molecular weight is 246 g/mol. The monoisotopic (exact) mass is 245 g/mol. The van der Waals surface area contributed by atoms with Crippen LogP contribution >= 0.6 is 11.6 Å². The Labute approximate surface area is 102 Å². The molecule has 0 bridgehead atoms. The van der Waals surface area contributed by atoms with Gasteiger partial charge in [-0.1, -0.05) is 47.1 Å². The summed E-state index contributed by atoms with van der Waals surface area (Å²) in [5.74, 6) is 0.577. The van der Waals surface area contributed by atoms with Crippen LogP contribution in [0, 0.1) is 0 Å². The molecule has 0 saturated heterocycles. The Morgan fingerprint density at radius 1 is 1.12 bits per heavy atom. The molecule has 0 atom stereocenters. The Kier molecular flexibility index (Phi) is 2.26. The lowest BCUT2D eigenvalue weighted by molar-refractivity contribution is 0.730. The van der Waals surface area contributed by atoms with Gasteiger partial charge in [0, 0.05) is 12.6 Å². The Bertz CT molecular complexity index is 677. The maximum Gasteiger partial charge on any atom is 0.183 e. The molecule has 0 saturated carbocycles. The molecule has 3 rings (SSSR count). The van der Waals surface area contributed by atoms with E-state index in [0.29, 0.717) is 22.1 Å². The van der Waals surface area contributed by atoms with Gasteiger partial charge in [0.25, 0.3) is 0 Å². The van der Waals surface area contributed by atoms with Gasteiger partial charge in [-0.05, 0) is 0 Å². The molecule has 0 aliphatic heterocycles. The van der Waals surface area contributed by atoms with Gasteiger partial charge < -0.3 is 0 Å². The first-order chi connectivity index (χ1) is 8.25.